The Kier molecular flexibility index (Phi) is 7.34. The molecule has 3 heterocycles. The molecule has 38 heavy (non-hydrogen) atoms. The van der Waals surface area contributed by atoms with Crippen molar-refractivity contribution in [1.82, 2.24) is 5.32 Å². The third-order valence-corrected chi connectivity index (χ3v) is 8.08. The molecule has 1 saturated carbocycles. The molecule has 3 amide bonds. The van der Waals surface area contributed by atoms with Crippen molar-refractivity contribution in [3.05, 3.63) is 41.5 Å². The van der Waals surface area contributed by atoms with Gasteiger partial charge in [0.15, 0.2) is 0 Å². The number of rotatable bonds is 8. The van der Waals surface area contributed by atoms with E-state index in [9.17, 15) is 14.4 Å². The lowest BCUT2D eigenvalue weighted by Gasteiger charge is -2.42. The van der Waals surface area contributed by atoms with E-state index in [2.05, 4.69) is 32.2 Å². The fourth-order valence-corrected chi connectivity index (χ4v) is 5.97. The maximum Gasteiger partial charge on any atom is 0.407 e. The highest BCUT2D eigenvalue weighted by molar-refractivity contribution is 6.16. The van der Waals surface area contributed by atoms with Crippen LogP contribution in [0.25, 0.3) is 0 Å². The fourth-order valence-electron chi connectivity index (χ4n) is 5.97. The molecule has 1 aromatic carbocycles. The number of morpholine rings is 1. The van der Waals surface area contributed by atoms with Crippen LogP contribution in [0.5, 0.6) is 0 Å². The predicted molar refractivity (Wildman–Crippen MR) is 136 cm³/mol. The minimum absolute atomic E-state index is 0.0414. The number of carbonyl (C=O) groups excluding carboxylic acids is 3. The summed E-state index contributed by atoms with van der Waals surface area (Å²) in [6, 6.07) is 6.86. The van der Waals surface area contributed by atoms with Crippen LogP contribution in [-0.2, 0) is 39.8 Å². The number of hydrogen-bond donors (Lipinski definition) is 1. The number of epoxide rings is 2. The molecule has 4 aliphatic rings. The first kappa shape index (κ1) is 26.8. The zero-order valence-corrected chi connectivity index (χ0v) is 22.4. The van der Waals surface area contributed by atoms with Crippen molar-refractivity contribution in [3.8, 4) is 0 Å². The number of methoxy groups -OCH3 is 1. The fraction of sp³-hybridized carbons (Fsp3) is 0.607. The molecule has 10 nitrogen and oxygen atoms in total. The number of anilines is 1. The van der Waals surface area contributed by atoms with Gasteiger partial charge in [-0.1, -0.05) is 23.8 Å². The van der Waals surface area contributed by atoms with Crippen molar-refractivity contribution in [2.75, 3.05) is 31.8 Å². The van der Waals surface area contributed by atoms with Crippen molar-refractivity contribution in [2.45, 2.75) is 76.1 Å². The van der Waals surface area contributed by atoms with Crippen LogP contribution in [0, 0.1) is 5.92 Å². The number of hydrogen-bond acceptors (Lipinski definition) is 8. The molecular weight excluding hydrogens is 492 g/mol. The van der Waals surface area contributed by atoms with Crippen LogP contribution in [0.3, 0.4) is 0 Å². The van der Waals surface area contributed by atoms with E-state index < -0.39 is 29.6 Å². The van der Waals surface area contributed by atoms with Crippen molar-refractivity contribution >= 4 is 23.6 Å². The summed E-state index contributed by atoms with van der Waals surface area (Å²) in [5, 5.41) is 2.80. The lowest BCUT2D eigenvalue weighted by molar-refractivity contribution is -0.138. The molecule has 3 aliphatic heterocycles. The average molecular weight is 529 g/mol. The van der Waals surface area contributed by atoms with Crippen LogP contribution in [-0.4, -0.2) is 74.4 Å². The first-order chi connectivity index (χ1) is 18.2. The average Bonchev–Trinajstić information content (AvgIpc) is 3.80. The SMILES string of the molecule is CO[C@@H]1[C@H](OC(=O)NCc2ccc(N3C(=O)COCC3=O)cc2)CCC2(CO2)[C@H]1[C@]1(C)OC1CC=C(C)C. The van der Waals surface area contributed by atoms with E-state index in [-0.39, 0.29) is 43.5 Å². The van der Waals surface area contributed by atoms with E-state index in [4.69, 9.17) is 23.7 Å². The summed E-state index contributed by atoms with van der Waals surface area (Å²) >= 11 is 0. The summed E-state index contributed by atoms with van der Waals surface area (Å²) < 4.78 is 28.9. The third-order valence-electron chi connectivity index (χ3n) is 8.08. The zero-order valence-electron chi connectivity index (χ0n) is 22.4. The number of imide groups is 1. The summed E-state index contributed by atoms with van der Waals surface area (Å²) in [4.78, 5) is 37.9. The first-order valence-corrected chi connectivity index (χ1v) is 13.1. The summed E-state index contributed by atoms with van der Waals surface area (Å²) in [6.07, 6.45) is 3.23. The lowest BCUT2D eigenvalue weighted by Crippen LogP contribution is -2.56. The van der Waals surface area contributed by atoms with Gasteiger partial charge in [-0.2, -0.15) is 0 Å². The van der Waals surface area contributed by atoms with E-state index in [1.54, 1.807) is 31.4 Å². The smallest absolute Gasteiger partial charge is 0.407 e. The molecule has 0 radical (unpaired) electrons. The highest BCUT2D eigenvalue weighted by Gasteiger charge is 2.72. The van der Waals surface area contributed by atoms with Gasteiger partial charge in [0.1, 0.15) is 36.6 Å². The molecule has 206 valence electrons. The molecule has 1 aliphatic carbocycles. The highest BCUT2D eigenvalue weighted by atomic mass is 16.6. The van der Waals surface area contributed by atoms with Crippen molar-refractivity contribution in [3.63, 3.8) is 0 Å². The molecular formula is C28H36N2O8. The minimum Gasteiger partial charge on any atom is -0.443 e. The van der Waals surface area contributed by atoms with Crippen LogP contribution in [0.2, 0.25) is 0 Å². The number of carbonyl (C=O) groups is 3. The summed E-state index contributed by atoms with van der Waals surface area (Å²) in [5.74, 6) is -0.845. The first-order valence-electron chi connectivity index (χ1n) is 13.1. The summed E-state index contributed by atoms with van der Waals surface area (Å²) in [6.45, 7) is 6.92. The molecule has 5 rings (SSSR count). The van der Waals surface area contributed by atoms with Gasteiger partial charge in [-0.05, 0) is 57.7 Å². The topological polar surface area (TPSA) is 119 Å². The number of ether oxygens (including phenoxy) is 5. The molecule has 0 bridgehead atoms. The van der Waals surface area contributed by atoms with Crippen molar-refractivity contribution < 1.29 is 38.1 Å². The highest BCUT2D eigenvalue weighted by Crippen LogP contribution is 2.59. The Morgan fingerprint density at radius 3 is 2.47 bits per heavy atom. The number of nitrogens with one attached hydrogen (secondary N) is 1. The Hall–Kier alpha value is -2.79. The van der Waals surface area contributed by atoms with E-state index in [0.717, 1.165) is 23.3 Å². The van der Waals surface area contributed by atoms with Gasteiger partial charge >= 0.3 is 6.09 Å². The van der Waals surface area contributed by atoms with Gasteiger partial charge < -0.3 is 29.0 Å². The zero-order chi connectivity index (χ0) is 27.1. The molecule has 6 atom stereocenters. The monoisotopic (exact) mass is 528 g/mol. The Morgan fingerprint density at radius 1 is 1.18 bits per heavy atom. The molecule has 10 heteroatoms. The molecule has 1 aromatic rings. The second kappa shape index (κ2) is 10.4. The number of allylic oxidation sites excluding steroid dienone is 1. The third kappa shape index (κ3) is 5.22. The summed E-state index contributed by atoms with van der Waals surface area (Å²) in [7, 11) is 1.65. The van der Waals surface area contributed by atoms with Gasteiger partial charge in [0.2, 0.25) is 0 Å². The molecule has 1 spiro atoms. The minimum atomic E-state index is -0.533. The van der Waals surface area contributed by atoms with E-state index in [1.807, 2.05) is 0 Å². The Bertz CT molecular complexity index is 1090. The van der Waals surface area contributed by atoms with Crippen molar-refractivity contribution in [1.29, 1.82) is 0 Å². The lowest BCUT2D eigenvalue weighted by atomic mass is 9.68. The predicted octanol–water partition coefficient (Wildman–Crippen LogP) is 2.88. The Labute approximate surface area is 222 Å². The normalized spacial score (nSPS) is 34.2. The molecule has 2 unspecified atom stereocenters. The van der Waals surface area contributed by atoms with E-state index in [0.29, 0.717) is 18.7 Å². The van der Waals surface area contributed by atoms with Crippen LogP contribution < -0.4 is 10.2 Å². The quantitative estimate of drug-likeness (QED) is 0.311. The second-order valence-corrected chi connectivity index (χ2v) is 11.0. The molecule has 1 N–H and O–H groups in total. The van der Waals surface area contributed by atoms with Crippen LogP contribution in [0.1, 0.15) is 45.6 Å². The molecule has 0 aromatic heterocycles. The van der Waals surface area contributed by atoms with Crippen LogP contribution in [0.15, 0.2) is 35.9 Å². The van der Waals surface area contributed by atoms with Gasteiger partial charge in [-0.25, -0.2) is 9.69 Å². The van der Waals surface area contributed by atoms with Gasteiger partial charge in [0.25, 0.3) is 11.8 Å². The molecule has 3 saturated heterocycles. The Morgan fingerprint density at radius 2 is 1.87 bits per heavy atom. The summed E-state index contributed by atoms with van der Waals surface area (Å²) in [5.41, 5.74) is 1.85. The van der Waals surface area contributed by atoms with Crippen LogP contribution >= 0.6 is 0 Å². The second-order valence-electron chi connectivity index (χ2n) is 11.0. The number of nitrogens with zero attached hydrogens (tertiary/aromatic N) is 1. The van der Waals surface area contributed by atoms with Gasteiger partial charge in [-0.15, -0.1) is 0 Å². The number of alkyl carbamates (subject to hydrolysis) is 1. The number of benzene rings is 1. The number of amides is 3. The van der Waals surface area contributed by atoms with Gasteiger partial charge in [-0.3, -0.25) is 9.59 Å². The van der Waals surface area contributed by atoms with Crippen molar-refractivity contribution in [2.24, 2.45) is 5.92 Å². The maximum absolute atomic E-state index is 12.8. The largest absolute Gasteiger partial charge is 0.443 e. The standard InChI is InChI=1S/C28H36N2O8/c1-17(2)5-10-21-27(3,38-21)25-24(34-4)20(11-12-28(25)16-36-28)37-26(33)29-13-18-6-8-19(9-7-18)30-22(31)14-35-15-23(30)32/h5-9,20-21,24-25H,10-16H2,1-4H3,(H,29,33)/t20-,21?,24-,25-,27-,28?/m1/s1. The van der Waals surface area contributed by atoms with E-state index in [1.165, 1.54) is 5.57 Å². The Balaban J connectivity index is 1.18. The maximum atomic E-state index is 12.8. The van der Waals surface area contributed by atoms with Crippen LogP contribution in [0.4, 0.5) is 10.5 Å². The van der Waals surface area contributed by atoms with Gasteiger partial charge in [0.05, 0.1) is 24.3 Å². The van der Waals surface area contributed by atoms with Gasteiger partial charge in [0, 0.05) is 13.7 Å². The van der Waals surface area contributed by atoms with E-state index >= 15 is 0 Å². The molecule has 4 fully saturated rings.